The molecule has 0 aliphatic rings. The summed E-state index contributed by atoms with van der Waals surface area (Å²) in [6.07, 6.45) is 4.55. The molecule has 0 aromatic rings. The van der Waals surface area contributed by atoms with Gasteiger partial charge >= 0.3 is 11.9 Å². The van der Waals surface area contributed by atoms with Crippen molar-refractivity contribution in [2.75, 3.05) is 6.61 Å². The molecule has 0 aliphatic heterocycles. The van der Waals surface area contributed by atoms with Crippen LogP contribution in [0.4, 0.5) is 0 Å². The third-order valence-corrected chi connectivity index (χ3v) is 2.64. The SMILES string of the molecule is CCCCOC(=O)CC(CC)OC(=O)CCCC. The highest BCUT2D eigenvalue weighted by Crippen LogP contribution is 2.08. The number of esters is 2. The first-order chi connectivity index (χ1) is 8.63. The quantitative estimate of drug-likeness (QED) is 0.446. The molecule has 0 fully saturated rings. The largest absolute Gasteiger partial charge is 0.466 e. The van der Waals surface area contributed by atoms with Gasteiger partial charge in [0.1, 0.15) is 6.10 Å². The van der Waals surface area contributed by atoms with E-state index < -0.39 is 0 Å². The molecular weight excluding hydrogens is 232 g/mol. The monoisotopic (exact) mass is 258 g/mol. The Hall–Kier alpha value is -1.06. The van der Waals surface area contributed by atoms with Gasteiger partial charge in [0.2, 0.25) is 0 Å². The minimum absolute atomic E-state index is 0.165. The third kappa shape index (κ3) is 9.02. The number of unbranched alkanes of at least 4 members (excludes halogenated alkanes) is 2. The van der Waals surface area contributed by atoms with Crippen LogP contribution in [0.1, 0.15) is 65.7 Å². The topological polar surface area (TPSA) is 52.6 Å². The second-order valence-corrected chi connectivity index (χ2v) is 4.40. The van der Waals surface area contributed by atoms with E-state index in [0.29, 0.717) is 19.4 Å². The predicted octanol–water partition coefficient (Wildman–Crippen LogP) is 3.23. The van der Waals surface area contributed by atoms with Crippen molar-refractivity contribution in [1.82, 2.24) is 0 Å². The minimum atomic E-state index is -0.344. The van der Waals surface area contributed by atoms with E-state index in [9.17, 15) is 9.59 Å². The molecule has 1 atom stereocenters. The van der Waals surface area contributed by atoms with Crippen LogP contribution >= 0.6 is 0 Å². The van der Waals surface area contributed by atoms with Crippen LogP contribution in [0.25, 0.3) is 0 Å². The molecule has 0 radical (unpaired) electrons. The lowest BCUT2D eigenvalue weighted by Crippen LogP contribution is -2.22. The molecule has 0 amide bonds. The molecule has 0 rings (SSSR count). The van der Waals surface area contributed by atoms with Crippen LogP contribution in [0.2, 0.25) is 0 Å². The number of carbonyl (C=O) groups excluding carboxylic acids is 2. The normalized spacial score (nSPS) is 11.9. The standard InChI is InChI=1S/C14H26O4/c1-4-7-9-13(15)18-12(6-3)11-14(16)17-10-8-5-2/h12H,4-11H2,1-3H3. The number of hydrogen-bond donors (Lipinski definition) is 0. The van der Waals surface area contributed by atoms with Gasteiger partial charge in [-0.1, -0.05) is 33.6 Å². The van der Waals surface area contributed by atoms with Crippen molar-refractivity contribution in [3.63, 3.8) is 0 Å². The average molecular weight is 258 g/mol. The third-order valence-electron chi connectivity index (χ3n) is 2.64. The smallest absolute Gasteiger partial charge is 0.309 e. The van der Waals surface area contributed by atoms with E-state index in [1.165, 1.54) is 0 Å². The summed E-state index contributed by atoms with van der Waals surface area (Å²) in [4.78, 5) is 22.9. The van der Waals surface area contributed by atoms with Gasteiger partial charge in [-0.2, -0.15) is 0 Å². The van der Waals surface area contributed by atoms with Crippen molar-refractivity contribution in [2.24, 2.45) is 0 Å². The van der Waals surface area contributed by atoms with E-state index in [-0.39, 0.29) is 24.5 Å². The zero-order valence-electron chi connectivity index (χ0n) is 11.9. The number of rotatable bonds is 10. The first kappa shape index (κ1) is 16.9. The van der Waals surface area contributed by atoms with E-state index in [1.807, 2.05) is 20.8 Å². The number of ether oxygens (including phenoxy) is 2. The summed E-state index contributed by atoms with van der Waals surface area (Å²) in [7, 11) is 0. The summed E-state index contributed by atoms with van der Waals surface area (Å²) in [5.41, 5.74) is 0. The van der Waals surface area contributed by atoms with Crippen molar-refractivity contribution in [3.05, 3.63) is 0 Å². The van der Waals surface area contributed by atoms with E-state index in [2.05, 4.69) is 0 Å². The Morgan fingerprint density at radius 2 is 1.67 bits per heavy atom. The van der Waals surface area contributed by atoms with Gasteiger partial charge in [-0.05, 0) is 19.3 Å². The first-order valence-electron chi connectivity index (χ1n) is 6.99. The lowest BCUT2D eigenvalue weighted by atomic mass is 10.2. The summed E-state index contributed by atoms with van der Waals surface area (Å²) in [6.45, 7) is 6.42. The Kier molecular flexibility index (Phi) is 10.4. The molecule has 0 aromatic heterocycles. The van der Waals surface area contributed by atoms with Gasteiger partial charge in [0.25, 0.3) is 0 Å². The van der Waals surface area contributed by atoms with E-state index in [4.69, 9.17) is 9.47 Å². The summed E-state index contributed by atoms with van der Waals surface area (Å²) < 4.78 is 10.3. The van der Waals surface area contributed by atoms with Crippen molar-refractivity contribution >= 4 is 11.9 Å². The number of hydrogen-bond acceptors (Lipinski definition) is 4. The molecule has 0 saturated heterocycles. The first-order valence-corrected chi connectivity index (χ1v) is 6.99. The Labute approximate surface area is 110 Å². The highest BCUT2D eigenvalue weighted by molar-refractivity contribution is 5.72. The van der Waals surface area contributed by atoms with Crippen LogP contribution in [-0.2, 0) is 19.1 Å². The summed E-state index contributed by atoms with van der Waals surface area (Å²) in [5, 5.41) is 0. The van der Waals surface area contributed by atoms with Crippen LogP contribution in [0.3, 0.4) is 0 Å². The second kappa shape index (κ2) is 11.1. The maximum atomic E-state index is 11.5. The van der Waals surface area contributed by atoms with E-state index in [0.717, 1.165) is 25.7 Å². The van der Waals surface area contributed by atoms with Crippen molar-refractivity contribution < 1.29 is 19.1 Å². The van der Waals surface area contributed by atoms with Gasteiger partial charge < -0.3 is 9.47 Å². The summed E-state index contributed by atoms with van der Waals surface area (Å²) in [5.74, 6) is -0.497. The Morgan fingerprint density at radius 3 is 2.22 bits per heavy atom. The molecule has 4 nitrogen and oxygen atoms in total. The summed E-state index contributed by atoms with van der Waals surface area (Å²) >= 11 is 0. The molecule has 106 valence electrons. The Balaban J connectivity index is 3.87. The van der Waals surface area contributed by atoms with Crippen molar-refractivity contribution in [2.45, 2.75) is 71.8 Å². The molecule has 1 unspecified atom stereocenters. The van der Waals surface area contributed by atoms with Crippen LogP contribution in [0.5, 0.6) is 0 Å². The predicted molar refractivity (Wildman–Crippen MR) is 70.2 cm³/mol. The lowest BCUT2D eigenvalue weighted by Gasteiger charge is -2.15. The van der Waals surface area contributed by atoms with Gasteiger partial charge in [-0.3, -0.25) is 9.59 Å². The fourth-order valence-corrected chi connectivity index (χ4v) is 1.41. The van der Waals surface area contributed by atoms with E-state index >= 15 is 0 Å². The van der Waals surface area contributed by atoms with Crippen LogP contribution in [0.15, 0.2) is 0 Å². The molecular formula is C14H26O4. The van der Waals surface area contributed by atoms with Gasteiger partial charge in [0, 0.05) is 6.42 Å². The molecule has 0 bridgehead atoms. The molecule has 18 heavy (non-hydrogen) atoms. The molecule has 0 aliphatic carbocycles. The second-order valence-electron chi connectivity index (χ2n) is 4.40. The molecule has 0 aromatic carbocycles. The summed E-state index contributed by atoms with van der Waals surface area (Å²) in [6, 6.07) is 0. The molecule has 0 saturated carbocycles. The fraction of sp³-hybridized carbons (Fsp3) is 0.857. The van der Waals surface area contributed by atoms with Crippen molar-refractivity contribution in [1.29, 1.82) is 0 Å². The van der Waals surface area contributed by atoms with Gasteiger partial charge in [0.15, 0.2) is 0 Å². The Bertz CT molecular complexity index is 238. The van der Waals surface area contributed by atoms with Crippen molar-refractivity contribution in [3.8, 4) is 0 Å². The van der Waals surface area contributed by atoms with Crippen LogP contribution in [-0.4, -0.2) is 24.6 Å². The maximum Gasteiger partial charge on any atom is 0.309 e. The maximum absolute atomic E-state index is 11.5. The average Bonchev–Trinajstić information content (AvgIpc) is 2.35. The highest BCUT2D eigenvalue weighted by Gasteiger charge is 2.17. The zero-order valence-corrected chi connectivity index (χ0v) is 11.9. The van der Waals surface area contributed by atoms with E-state index in [1.54, 1.807) is 0 Å². The Morgan fingerprint density at radius 1 is 1.00 bits per heavy atom. The van der Waals surface area contributed by atoms with Gasteiger partial charge in [-0.25, -0.2) is 0 Å². The molecule has 0 N–H and O–H groups in total. The lowest BCUT2D eigenvalue weighted by molar-refractivity contribution is -0.155. The molecule has 0 heterocycles. The number of carbonyl (C=O) groups is 2. The fourth-order valence-electron chi connectivity index (χ4n) is 1.41. The minimum Gasteiger partial charge on any atom is -0.466 e. The van der Waals surface area contributed by atoms with Crippen LogP contribution < -0.4 is 0 Å². The van der Waals surface area contributed by atoms with Gasteiger partial charge in [0.05, 0.1) is 13.0 Å². The van der Waals surface area contributed by atoms with Crippen LogP contribution in [0, 0.1) is 0 Å². The molecule has 4 heteroatoms. The zero-order chi connectivity index (χ0) is 13.8. The van der Waals surface area contributed by atoms with Gasteiger partial charge in [-0.15, -0.1) is 0 Å². The highest BCUT2D eigenvalue weighted by atomic mass is 16.6. The molecule has 0 spiro atoms.